The minimum absolute atomic E-state index is 0.473. The number of rotatable bonds is 4. The van der Waals surface area contributed by atoms with E-state index in [1.807, 2.05) is 12.1 Å². The number of pyridine rings is 2. The van der Waals surface area contributed by atoms with Crippen LogP contribution in [0.15, 0.2) is 48.8 Å². The molecule has 2 atom stereocenters. The second-order valence-corrected chi connectivity index (χ2v) is 10.6. The number of nitrogens with zero attached hydrogens (tertiary/aromatic N) is 7. The summed E-state index contributed by atoms with van der Waals surface area (Å²) in [5, 5.41) is 14.0. The SMILES string of the molecule is C[C@@H]1CN(c2ccc(C#N)c3ncccc23)C[C@@H]2CCN(Cc3ccc(N4CCNCC4)nc3)CCN21. The van der Waals surface area contributed by atoms with Crippen molar-refractivity contribution in [1.82, 2.24) is 25.1 Å². The van der Waals surface area contributed by atoms with Crippen LogP contribution in [0.4, 0.5) is 11.5 Å². The van der Waals surface area contributed by atoms with Gasteiger partial charge in [0, 0.05) is 101 Å². The van der Waals surface area contributed by atoms with Crippen LogP contribution in [0.3, 0.4) is 0 Å². The molecule has 0 amide bonds. The van der Waals surface area contributed by atoms with Crippen molar-refractivity contribution in [2.45, 2.75) is 32.0 Å². The maximum Gasteiger partial charge on any atom is 0.128 e. The molecule has 0 aliphatic carbocycles. The second kappa shape index (κ2) is 10.6. The fraction of sp³-hybridized carbons (Fsp3) is 0.483. The molecule has 3 aliphatic heterocycles. The zero-order valence-electron chi connectivity index (χ0n) is 21.7. The third-order valence-electron chi connectivity index (χ3n) is 8.27. The number of hydrogen-bond acceptors (Lipinski definition) is 8. The van der Waals surface area contributed by atoms with E-state index in [1.54, 1.807) is 6.20 Å². The Morgan fingerprint density at radius 1 is 0.973 bits per heavy atom. The predicted octanol–water partition coefficient (Wildman–Crippen LogP) is 2.70. The van der Waals surface area contributed by atoms with E-state index in [4.69, 9.17) is 4.98 Å². The monoisotopic (exact) mass is 496 g/mol. The van der Waals surface area contributed by atoms with Crippen LogP contribution < -0.4 is 15.1 Å². The summed E-state index contributed by atoms with van der Waals surface area (Å²) in [5.74, 6) is 1.10. The molecule has 3 fully saturated rings. The lowest BCUT2D eigenvalue weighted by Gasteiger charge is -2.46. The van der Waals surface area contributed by atoms with Gasteiger partial charge in [-0.15, -0.1) is 0 Å². The molecule has 3 saturated heterocycles. The molecule has 8 heteroatoms. The molecule has 0 saturated carbocycles. The van der Waals surface area contributed by atoms with Crippen molar-refractivity contribution in [2.24, 2.45) is 0 Å². The van der Waals surface area contributed by atoms with Gasteiger partial charge in [-0.1, -0.05) is 6.07 Å². The van der Waals surface area contributed by atoms with Gasteiger partial charge in [0.15, 0.2) is 0 Å². The Hall–Kier alpha value is -3.25. The molecule has 3 aliphatic rings. The Bertz CT molecular complexity index is 1260. The third-order valence-corrected chi connectivity index (χ3v) is 8.27. The molecule has 192 valence electrons. The Labute approximate surface area is 219 Å². The highest BCUT2D eigenvalue weighted by atomic mass is 15.3. The summed E-state index contributed by atoms with van der Waals surface area (Å²) in [7, 11) is 0. The number of benzene rings is 1. The minimum atomic E-state index is 0.473. The van der Waals surface area contributed by atoms with Gasteiger partial charge in [0.2, 0.25) is 0 Å². The Morgan fingerprint density at radius 2 is 1.86 bits per heavy atom. The first kappa shape index (κ1) is 24.1. The Kier molecular flexibility index (Phi) is 6.92. The zero-order valence-corrected chi connectivity index (χ0v) is 21.7. The van der Waals surface area contributed by atoms with Crippen molar-refractivity contribution in [3.63, 3.8) is 0 Å². The standard InChI is InChI=1S/C29H36N8/c1-22-19-36(27-6-5-24(17-30)29-26(27)3-2-9-32-29)21-25-8-12-34(15-16-37(22)25)20-23-4-7-28(33-18-23)35-13-10-31-11-14-35/h2-7,9,18,22,25,31H,8,10-16,19-21H2,1H3/t22-,25+/m1/s1. The number of hydrogen-bond donors (Lipinski definition) is 1. The quantitative estimate of drug-likeness (QED) is 0.591. The molecule has 0 unspecified atom stereocenters. The van der Waals surface area contributed by atoms with Crippen molar-refractivity contribution in [1.29, 1.82) is 5.26 Å². The van der Waals surface area contributed by atoms with Crippen LogP contribution in [0.25, 0.3) is 10.9 Å². The highest BCUT2D eigenvalue weighted by Crippen LogP contribution is 2.32. The average molecular weight is 497 g/mol. The van der Waals surface area contributed by atoms with E-state index in [0.717, 1.165) is 88.6 Å². The molecule has 6 rings (SSSR count). The summed E-state index contributed by atoms with van der Waals surface area (Å²) in [6, 6.07) is 15.9. The van der Waals surface area contributed by atoms with Gasteiger partial charge in [0.25, 0.3) is 0 Å². The van der Waals surface area contributed by atoms with Crippen LogP contribution in [-0.4, -0.2) is 90.8 Å². The van der Waals surface area contributed by atoms with E-state index >= 15 is 0 Å². The van der Waals surface area contributed by atoms with E-state index in [1.165, 1.54) is 11.3 Å². The van der Waals surface area contributed by atoms with Crippen LogP contribution >= 0.6 is 0 Å². The van der Waals surface area contributed by atoms with E-state index in [9.17, 15) is 5.26 Å². The molecule has 5 heterocycles. The van der Waals surface area contributed by atoms with Crippen molar-refractivity contribution in [3.05, 3.63) is 59.9 Å². The van der Waals surface area contributed by atoms with Gasteiger partial charge in [-0.05, 0) is 49.2 Å². The van der Waals surface area contributed by atoms with Crippen molar-refractivity contribution in [2.75, 3.05) is 68.7 Å². The first-order chi connectivity index (χ1) is 18.2. The minimum Gasteiger partial charge on any atom is -0.368 e. The van der Waals surface area contributed by atoms with Crippen LogP contribution in [0, 0.1) is 11.3 Å². The summed E-state index contributed by atoms with van der Waals surface area (Å²) in [4.78, 5) is 19.5. The molecule has 2 aromatic heterocycles. The van der Waals surface area contributed by atoms with Crippen molar-refractivity contribution < 1.29 is 0 Å². The molecular formula is C29H36N8. The van der Waals surface area contributed by atoms with Crippen LogP contribution in [0.1, 0.15) is 24.5 Å². The average Bonchev–Trinajstić information content (AvgIpc) is 3.16. The lowest BCUT2D eigenvalue weighted by molar-refractivity contribution is 0.127. The van der Waals surface area contributed by atoms with Gasteiger partial charge in [0.1, 0.15) is 11.9 Å². The van der Waals surface area contributed by atoms with Gasteiger partial charge >= 0.3 is 0 Å². The van der Waals surface area contributed by atoms with Crippen molar-refractivity contribution >= 4 is 22.4 Å². The Morgan fingerprint density at radius 3 is 2.68 bits per heavy atom. The smallest absolute Gasteiger partial charge is 0.128 e. The first-order valence-electron chi connectivity index (χ1n) is 13.6. The highest BCUT2D eigenvalue weighted by molar-refractivity contribution is 5.95. The number of fused-ring (bicyclic) bond motifs is 2. The molecule has 0 spiro atoms. The summed E-state index contributed by atoms with van der Waals surface area (Å²) in [5.41, 5.74) is 3.95. The maximum atomic E-state index is 9.55. The molecule has 8 nitrogen and oxygen atoms in total. The fourth-order valence-electron chi connectivity index (χ4n) is 6.31. The number of nitrogens with one attached hydrogen (secondary N) is 1. The summed E-state index contributed by atoms with van der Waals surface area (Å²) in [6.45, 7) is 12.7. The molecular weight excluding hydrogens is 460 g/mol. The summed E-state index contributed by atoms with van der Waals surface area (Å²) in [6.07, 6.45) is 5.01. The van der Waals surface area contributed by atoms with E-state index < -0.39 is 0 Å². The van der Waals surface area contributed by atoms with Gasteiger partial charge in [0.05, 0.1) is 11.1 Å². The van der Waals surface area contributed by atoms with Crippen LogP contribution in [0.2, 0.25) is 0 Å². The van der Waals surface area contributed by atoms with Gasteiger partial charge < -0.3 is 15.1 Å². The molecule has 37 heavy (non-hydrogen) atoms. The van der Waals surface area contributed by atoms with E-state index in [-0.39, 0.29) is 0 Å². The fourth-order valence-corrected chi connectivity index (χ4v) is 6.31. The Balaban J connectivity index is 1.13. The topological polar surface area (TPSA) is 74.6 Å². The molecule has 0 radical (unpaired) electrons. The molecule has 3 aromatic rings. The normalized spacial score (nSPS) is 23.5. The lowest BCUT2D eigenvalue weighted by Crippen LogP contribution is -2.58. The lowest BCUT2D eigenvalue weighted by atomic mass is 10.0. The maximum absolute atomic E-state index is 9.55. The van der Waals surface area contributed by atoms with Crippen LogP contribution in [-0.2, 0) is 6.54 Å². The van der Waals surface area contributed by atoms with Gasteiger partial charge in [-0.2, -0.15) is 5.26 Å². The predicted molar refractivity (Wildman–Crippen MR) is 148 cm³/mol. The summed E-state index contributed by atoms with van der Waals surface area (Å²) < 4.78 is 0. The number of piperazine rings is 2. The second-order valence-electron chi connectivity index (χ2n) is 10.6. The first-order valence-corrected chi connectivity index (χ1v) is 13.6. The molecule has 1 aromatic carbocycles. The number of anilines is 2. The zero-order chi connectivity index (χ0) is 25.2. The van der Waals surface area contributed by atoms with E-state index in [0.29, 0.717) is 17.6 Å². The number of aromatic nitrogens is 2. The van der Waals surface area contributed by atoms with Gasteiger partial charge in [-0.3, -0.25) is 14.8 Å². The highest BCUT2D eigenvalue weighted by Gasteiger charge is 2.34. The molecule has 0 bridgehead atoms. The summed E-state index contributed by atoms with van der Waals surface area (Å²) >= 11 is 0. The van der Waals surface area contributed by atoms with Crippen molar-refractivity contribution in [3.8, 4) is 6.07 Å². The number of nitriles is 1. The third kappa shape index (κ3) is 4.99. The molecule has 1 N–H and O–H groups in total. The largest absolute Gasteiger partial charge is 0.368 e. The van der Waals surface area contributed by atoms with E-state index in [2.05, 4.69) is 73.4 Å². The van der Waals surface area contributed by atoms with Gasteiger partial charge in [-0.25, -0.2) is 4.98 Å². The van der Waals surface area contributed by atoms with Crippen LogP contribution in [0.5, 0.6) is 0 Å².